The van der Waals surface area contributed by atoms with Crippen LogP contribution in [0, 0.1) is 5.92 Å². The van der Waals surface area contributed by atoms with Gasteiger partial charge < -0.3 is 15.4 Å². The lowest BCUT2D eigenvalue weighted by atomic mass is 10.0. The van der Waals surface area contributed by atoms with Crippen molar-refractivity contribution in [1.82, 2.24) is 4.90 Å². The van der Waals surface area contributed by atoms with Crippen LogP contribution in [0.15, 0.2) is 0 Å². The zero-order chi connectivity index (χ0) is 10.0. The highest BCUT2D eigenvalue weighted by molar-refractivity contribution is 5.00. The molecule has 2 aliphatic rings. The summed E-state index contributed by atoms with van der Waals surface area (Å²) in [4.78, 5) is 2.38. The number of nitrogens with zero attached hydrogens (tertiary/aromatic N) is 1. The van der Waals surface area contributed by atoms with Crippen molar-refractivity contribution in [3.8, 4) is 0 Å². The molecule has 1 saturated carbocycles. The van der Waals surface area contributed by atoms with Gasteiger partial charge >= 0.3 is 0 Å². The molecule has 3 nitrogen and oxygen atoms in total. The molecule has 0 aromatic rings. The average Bonchev–Trinajstić information content (AvgIpc) is 2.84. The zero-order valence-electron chi connectivity index (χ0n) is 9.17. The average molecular weight is 198 g/mol. The second-order valence-corrected chi connectivity index (χ2v) is 5.14. The Morgan fingerprint density at radius 1 is 1.50 bits per heavy atom. The Balaban J connectivity index is 1.67. The molecule has 1 heterocycles. The van der Waals surface area contributed by atoms with Crippen LogP contribution in [0.1, 0.15) is 25.7 Å². The molecule has 0 aromatic heterocycles. The van der Waals surface area contributed by atoms with Crippen LogP contribution in [-0.4, -0.2) is 43.8 Å². The Hall–Kier alpha value is -0.120. The number of hydrogen-bond donors (Lipinski definition) is 1. The lowest BCUT2D eigenvalue weighted by molar-refractivity contribution is 0.0411. The summed E-state index contributed by atoms with van der Waals surface area (Å²) in [6, 6.07) is 0. The number of ether oxygens (including phenoxy) is 1. The van der Waals surface area contributed by atoms with E-state index in [2.05, 4.69) is 11.9 Å². The zero-order valence-corrected chi connectivity index (χ0v) is 9.17. The largest absolute Gasteiger partial charge is 0.381 e. The summed E-state index contributed by atoms with van der Waals surface area (Å²) >= 11 is 0. The minimum atomic E-state index is 0.157. The summed E-state index contributed by atoms with van der Waals surface area (Å²) in [5, 5.41) is 0. The molecule has 1 aliphatic carbocycles. The number of rotatable bonds is 4. The monoisotopic (exact) mass is 198 g/mol. The molecule has 0 spiro atoms. The van der Waals surface area contributed by atoms with Gasteiger partial charge in [0.2, 0.25) is 0 Å². The fourth-order valence-electron chi connectivity index (χ4n) is 2.31. The van der Waals surface area contributed by atoms with Crippen molar-refractivity contribution in [2.45, 2.75) is 31.2 Å². The van der Waals surface area contributed by atoms with Crippen molar-refractivity contribution in [3.05, 3.63) is 0 Å². The lowest BCUT2D eigenvalue weighted by Gasteiger charge is -2.28. The SMILES string of the molecule is CN(CC1CCCOC1)CC1(N)CC1. The third-order valence-corrected chi connectivity index (χ3v) is 3.30. The standard InChI is InChI=1S/C11H22N2O/c1-13(9-11(12)4-5-11)7-10-3-2-6-14-8-10/h10H,2-9,12H2,1H3. The van der Waals surface area contributed by atoms with Crippen molar-refractivity contribution in [1.29, 1.82) is 0 Å². The van der Waals surface area contributed by atoms with E-state index in [1.165, 1.54) is 25.7 Å². The molecule has 0 radical (unpaired) electrons. The van der Waals surface area contributed by atoms with Crippen LogP contribution in [0.25, 0.3) is 0 Å². The van der Waals surface area contributed by atoms with Gasteiger partial charge in [-0.1, -0.05) is 0 Å². The lowest BCUT2D eigenvalue weighted by Crippen LogP contribution is -2.40. The first kappa shape index (κ1) is 10.4. The Morgan fingerprint density at radius 3 is 2.86 bits per heavy atom. The quantitative estimate of drug-likeness (QED) is 0.727. The van der Waals surface area contributed by atoms with Crippen LogP contribution in [0.2, 0.25) is 0 Å². The molecule has 82 valence electrons. The molecule has 1 aliphatic heterocycles. The van der Waals surface area contributed by atoms with Crippen LogP contribution in [0.4, 0.5) is 0 Å². The predicted molar refractivity (Wildman–Crippen MR) is 57.2 cm³/mol. The molecule has 0 bridgehead atoms. The van der Waals surface area contributed by atoms with Gasteiger partial charge in [0.25, 0.3) is 0 Å². The minimum Gasteiger partial charge on any atom is -0.381 e. The minimum absolute atomic E-state index is 0.157. The Kier molecular flexibility index (Phi) is 3.10. The smallest absolute Gasteiger partial charge is 0.0506 e. The fourth-order valence-corrected chi connectivity index (χ4v) is 2.31. The Bertz CT molecular complexity index is 186. The van der Waals surface area contributed by atoms with E-state index in [9.17, 15) is 0 Å². The van der Waals surface area contributed by atoms with Gasteiger partial charge in [0.15, 0.2) is 0 Å². The van der Waals surface area contributed by atoms with E-state index in [1.54, 1.807) is 0 Å². The van der Waals surface area contributed by atoms with Crippen molar-refractivity contribution in [2.24, 2.45) is 11.7 Å². The van der Waals surface area contributed by atoms with Gasteiger partial charge in [-0.3, -0.25) is 0 Å². The van der Waals surface area contributed by atoms with Crippen molar-refractivity contribution in [3.63, 3.8) is 0 Å². The topological polar surface area (TPSA) is 38.5 Å². The van der Waals surface area contributed by atoms with Crippen molar-refractivity contribution >= 4 is 0 Å². The van der Waals surface area contributed by atoms with Gasteiger partial charge in [-0.05, 0) is 38.6 Å². The van der Waals surface area contributed by atoms with E-state index in [0.29, 0.717) is 0 Å². The molecule has 3 heteroatoms. The van der Waals surface area contributed by atoms with Gasteiger partial charge in [0, 0.05) is 25.2 Å². The van der Waals surface area contributed by atoms with Gasteiger partial charge in [-0.15, -0.1) is 0 Å². The summed E-state index contributed by atoms with van der Waals surface area (Å²) in [5.41, 5.74) is 6.24. The molecule has 0 amide bonds. The molecule has 2 fully saturated rings. The highest BCUT2D eigenvalue weighted by Crippen LogP contribution is 2.32. The predicted octanol–water partition coefficient (Wildman–Crippen LogP) is 0.836. The fraction of sp³-hybridized carbons (Fsp3) is 1.00. The van der Waals surface area contributed by atoms with Crippen LogP contribution >= 0.6 is 0 Å². The highest BCUT2D eigenvalue weighted by atomic mass is 16.5. The maximum absolute atomic E-state index is 6.08. The van der Waals surface area contributed by atoms with Crippen molar-refractivity contribution < 1.29 is 4.74 Å². The molecule has 2 rings (SSSR count). The molecule has 2 N–H and O–H groups in total. The first-order chi connectivity index (χ1) is 6.68. The van der Waals surface area contributed by atoms with Gasteiger partial charge in [-0.25, -0.2) is 0 Å². The third-order valence-electron chi connectivity index (χ3n) is 3.30. The molecule has 1 unspecified atom stereocenters. The Labute approximate surface area is 86.6 Å². The first-order valence-corrected chi connectivity index (χ1v) is 5.73. The van der Waals surface area contributed by atoms with Crippen LogP contribution in [-0.2, 0) is 4.74 Å². The summed E-state index contributed by atoms with van der Waals surface area (Å²) < 4.78 is 5.47. The second kappa shape index (κ2) is 4.17. The van der Waals surface area contributed by atoms with Crippen LogP contribution < -0.4 is 5.73 Å². The van der Waals surface area contributed by atoms with E-state index in [-0.39, 0.29) is 5.54 Å². The van der Waals surface area contributed by atoms with E-state index in [0.717, 1.165) is 32.2 Å². The number of nitrogens with two attached hydrogens (primary N) is 1. The van der Waals surface area contributed by atoms with Crippen LogP contribution in [0.5, 0.6) is 0 Å². The number of likely N-dealkylation sites (N-methyl/N-ethyl adjacent to an activating group) is 1. The molecule has 1 atom stereocenters. The molecular formula is C11H22N2O. The molecular weight excluding hydrogens is 176 g/mol. The molecule has 14 heavy (non-hydrogen) atoms. The van der Waals surface area contributed by atoms with Gasteiger partial charge in [0.1, 0.15) is 0 Å². The summed E-state index contributed by atoms with van der Waals surface area (Å²) in [6.45, 7) is 4.12. The Morgan fingerprint density at radius 2 is 2.29 bits per heavy atom. The maximum atomic E-state index is 6.08. The van der Waals surface area contributed by atoms with E-state index < -0.39 is 0 Å². The molecule has 1 saturated heterocycles. The molecule has 0 aromatic carbocycles. The normalized spacial score (nSPS) is 30.6. The van der Waals surface area contributed by atoms with Gasteiger partial charge in [-0.2, -0.15) is 0 Å². The summed E-state index contributed by atoms with van der Waals surface area (Å²) in [7, 11) is 2.18. The summed E-state index contributed by atoms with van der Waals surface area (Å²) in [6.07, 6.45) is 4.96. The van der Waals surface area contributed by atoms with Crippen molar-refractivity contribution in [2.75, 3.05) is 33.4 Å². The first-order valence-electron chi connectivity index (χ1n) is 5.73. The second-order valence-electron chi connectivity index (χ2n) is 5.14. The van der Waals surface area contributed by atoms with E-state index in [1.807, 2.05) is 0 Å². The van der Waals surface area contributed by atoms with Gasteiger partial charge in [0.05, 0.1) is 6.61 Å². The maximum Gasteiger partial charge on any atom is 0.0506 e. The number of hydrogen-bond acceptors (Lipinski definition) is 3. The van der Waals surface area contributed by atoms with Crippen LogP contribution in [0.3, 0.4) is 0 Å². The van der Waals surface area contributed by atoms with E-state index in [4.69, 9.17) is 10.5 Å². The third kappa shape index (κ3) is 2.94. The summed E-state index contributed by atoms with van der Waals surface area (Å²) in [5.74, 6) is 0.732. The van der Waals surface area contributed by atoms with E-state index >= 15 is 0 Å². The highest BCUT2D eigenvalue weighted by Gasteiger charge is 2.39.